The van der Waals surface area contributed by atoms with Crippen LogP contribution in [0.15, 0.2) is 23.3 Å². The predicted molar refractivity (Wildman–Crippen MR) is 132 cm³/mol. The van der Waals surface area contributed by atoms with E-state index in [1.54, 1.807) is 11.9 Å². The molecule has 4 rings (SSSR count). The molecule has 0 aromatic rings. The third kappa shape index (κ3) is 3.54. The minimum Gasteiger partial charge on any atom is -0.478 e. The molecule has 0 bridgehead atoms. The number of hydrogen-bond donors (Lipinski definition) is 1. The van der Waals surface area contributed by atoms with E-state index in [1.165, 1.54) is 10.5 Å². The largest absolute Gasteiger partial charge is 0.478 e. The highest BCUT2D eigenvalue weighted by atomic mass is 16.4. The van der Waals surface area contributed by atoms with Crippen LogP contribution in [-0.4, -0.2) is 53.0 Å². The third-order valence-corrected chi connectivity index (χ3v) is 10.5. The Morgan fingerprint density at radius 3 is 2.38 bits per heavy atom. The molecule has 6 nitrogen and oxygen atoms in total. The number of carbonyl (C=O) groups excluding carboxylic acids is 2. The molecule has 1 N–H and O–H groups in total. The van der Waals surface area contributed by atoms with Crippen LogP contribution in [0.1, 0.15) is 73.1 Å². The summed E-state index contributed by atoms with van der Waals surface area (Å²) >= 11 is 0. The van der Waals surface area contributed by atoms with E-state index in [1.807, 2.05) is 19.9 Å². The molecule has 6 heteroatoms. The molecule has 0 aliphatic heterocycles. The summed E-state index contributed by atoms with van der Waals surface area (Å²) in [5, 5.41) is 9.59. The van der Waals surface area contributed by atoms with Crippen LogP contribution in [0.3, 0.4) is 0 Å². The molecular weight excluding hydrogens is 428 g/mol. The zero-order chi connectivity index (χ0) is 25.0. The van der Waals surface area contributed by atoms with Gasteiger partial charge in [0.25, 0.3) is 0 Å². The molecule has 1 unspecified atom stereocenters. The summed E-state index contributed by atoms with van der Waals surface area (Å²) in [5.74, 6) is 0.843. The van der Waals surface area contributed by atoms with Gasteiger partial charge >= 0.3 is 12.0 Å². The molecule has 2 saturated carbocycles. The molecule has 0 aromatic heterocycles. The fourth-order valence-electron chi connectivity index (χ4n) is 8.30. The van der Waals surface area contributed by atoms with Crippen molar-refractivity contribution in [2.45, 2.75) is 73.1 Å². The van der Waals surface area contributed by atoms with E-state index in [2.05, 4.69) is 26.8 Å². The van der Waals surface area contributed by atoms with Gasteiger partial charge in [0.05, 0.1) is 0 Å². The smallest absolute Gasteiger partial charge is 0.331 e. The number of aliphatic carboxylic acids is 1. The Kier molecular flexibility index (Phi) is 6.50. The van der Waals surface area contributed by atoms with Crippen molar-refractivity contribution in [1.29, 1.82) is 0 Å². The van der Waals surface area contributed by atoms with Crippen LogP contribution in [0.25, 0.3) is 0 Å². The SMILES string of the molecule is CCN(CC)C(=O)N(C)C(=O)[C@H]1CC[C@H]2[C@@H]3CC=C4C=C(C(=O)O)CC(C)[C@]4(C)[C@H]3CC[C@]12C. The van der Waals surface area contributed by atoms with Crippen LogP contribution in [0, 0.1) is 40.4 Å². The number of carboxylic acid groups (broad SMARTS) is 1. The maximum absolute atomic E-state index is 13.6. The van der Waals surface area contributed by atoms with Gasteiger partial charge < -0.3 is 10.0 Å². The summed E-state index contributed by atoms with van der Waals surface area (Å²) in [6.07, 6.45) is 9.76. The van der Waals surface area contributed by atoms with E-state index in [9.17, 15) is 19.5 Å². The lowest BCUT2D eigenvalue weighted by atomic mass is 9.46. The van der Waals surface area contributed by atoms with Gasteiger partial charge in [0.1, 0.15) is 0 Å². The number of nitrogens with zero attached hydrogens (tertiary/aromatic N) is 2. The zero-order valence-electron chi connectivity index (χ0n) is 21.8. The fourth-order valence-corrected chi connectivity index (χ4v) is 8.30. The molecule has 4 aliphatic rings. The average molecular weight is 471 g/mol. The summed E-state index contributed by atoms with van der Waals surface area (Å²) < 4.78 is 0. The first-order chi connectivity index (χ1) is 16.0. The number of fused-ring (bicyclic) bond motifs is 5. The highest BCUT2D eigenvalue weighted by Gasteiger charge is 2.61. The van der Waals surface area contributed by atoms with Crippen molar-refractivity contribution in [2.75, 3.05) is 20.1 Å². The second-order valence-corrected chi connectivity index (χ2v) is 11.7. The van der Waals surface area contributed by atoms with Gasteiger partial charge in [-0.25, -0.2) is 9.59 Å². The lowest BCUT2D eigenvalue weighted by molar-refractivity contribution is -0.139. The first kappa shape index (κ1) is 25.0. The van der Waals surface area contributed by atoms with Crippen molar-refractivity contribution in [2.24, 2.45) is 40.4 Å². The van der Waals surface area contributed by atoms with Crippen LogP contribution in [-0.2, 0) is 9.59 Å². The number of amides is 3. The zero-order valence-corrected chi connectivity index (χ0v) is 21.8. The summed E-state index contributed by atoms with van der Waals surface area (Å²) in [5.41, 5.74) is 1.64. The van der Waals surface area contributed by atoms with Crippen molar-refractivity contribution in [3.05, 3.63) is 23.3 Å². The standard InChI is InChI=1S/C28H42N2O4/c1-7-30(8-2)26(34)29(6)24(31)23-12-11-21-20-10-9-19-16-18(25(32)33)15-17(3)28(19,5)22(20)13-14-27(21,23)4/h9,16-17,20-23H,7-8,10-15H2,1-6H3,(H,32,33)/t17?,20-,21-,22-,23+,27-,28-/m0/s1. The van der Waals surface area contributed by atoms with Gasteiger partial charge in [-0.3, -0.25) is 9.69 Å². The van der Waals surface area contributed by atoms with Crippen LogP contribution >= 0.6 is 0 Å². The predicted octanol–water partition coefficient (Wildman–Crippen LogP) is 5.35. The lowest BCUT2D eigenvalue weighted by Gasteiger charge is -2.58. The molecule has 0 spiro atoms. The molecule has 0 saturated heterocycles. The Bertz CT molecular complexity index is 935. The van der Waals surface area contributed by atoms with Gasteiger partial charge in [-0.1, -0.05) is 26.8 Å². The van der Waals surface area contributed by atoms with Gasteiger partial charge in [-0.15, -0.1) is 0 Å². The Labute approximate surface area is 204 Å². The van der Waals surface area contributed by atoms with Crippen LogP contribution in [0.4, 0.5) is 4.79 Å². The fraction of sp³-hybridized carbons (Fsp3) is 0.750. The summed E-state index contributed by atoms with van der Waals surface area (Å²) in [7, 11) is 1.65. The normalized spacial score (nSPS) is 38.6. The highest BCUT2D eigenvalue weighted by molar-refractivity contribution is 5.95. The summed E-state index contributed by atoms with van der Waals surface area (Å²) in [4.78, 5) is 41.2. The first-order valence-corrected chi connectivity index (χ1v) is 13.2. The van der Waals surface area contributed by atoms with Gasteiger partial charge in [0.15, 0.2) is 0 Å². The Balaban J connectivity index is 1.59. The van der Waals surface area contributed by atoms with Crippen molar-refractivity contribution >= 4 is 17.9 Å². The van der Waals surface area contributed by atoms with Gasteiger partial charge in [0, 0.05) is 31.6 Å². The van der Waals surface area contributed by atoms with Crippen LogP contribution < -0.4 is 0 Å². The summed E-state index contributed by atoms with van der Waals surface area (Å²) in [6.45, 7) is 12.0. The van der Waals surface area contributed by atoms with Crippen LogP contribution in [0.2, 0.25) is 0 Å². The second kappa shape index (κ2) is 8.83. The molecule has 4 aliphatic carbocycles. The average Bonchev–Trinajstić information content (AvgIpc) is 3.16. The number of carboxylic acids is 1. The molecule has 34 heavy (non-hydrogen) atoms. The molecule has 3 amide bonds. The number of allylic oxidation sites excluding steroid dienone is 3. The maximum Gasteiger partial charge on any atom is 0.331 e. The van der Waals surface area contributed by atoms with Crippen molar-refractivity contribution < 1.29 is 19.5 Å². The van der Waals surface area contributed by atoms with Crippen molar-refractivity contribution in [3.8, 4) is 0 Å². The molecule has 2 fully saturated rings. The number of imide groups is 1. The van der Waals surface area contributed by atoms with E-state index < -0.39 is 5.97 Å². The molecule has 0 heterocycles. The van der Waals surface area contributed by atoms with E-state index in [0.717, 1.165) is 32.1 Å². The maximum atomic E-state index is 13.6. The van der Waals surface area contributed by atoms with Gasteiger partial charge in [-0.2, -0.15) is 0 Å². The Morgan fingerprint density at radius 1 is 1.09 bits per heavy atom. The minimum absolute atomic E-state index is 0.0131. The summed E-state index contributed by atoms with van der Waals surface area (Å²) in [6, 6.07) is -0.189. The van der Waals surface area contributed by atoms with Crippen molar-refractivity contribution in [1.82, 2.24) is 9.80 Å². The van der Waals surface area contributed by atoms with Gasteiger partial charge in [0.2, 0.25) is 5.91 Å². The lowest BCUT2D eigenvalue weighted by Crippen LogP contribution is -2.54. The number of rotatable bonds is 4. The van der Waals surface area contributed by atoms with Crippen molar-refractivity contribution in [3.63, 3.8) is 0 Å². The van der Waals surface area contributed by atoms with Crippen LogP contribution in [0.5, 0.6) is 0 Å². The highest BCUT2D eigenvalue weighted by Crippen LogP contribution is 2.67. The topological polar surface area (TPSA) is 77.9 Å². The number of urea groups is 1. The molecular formula is C28H42N2O4. The molecule has 188 valence electrons. The van der Waals surface area contributed by atoms with E-state index >= 15 is 0 Å². The molecule has 0 radical (unpaired) electrons. The van der Waals surface area contributed by atoms with E-state index in [0.29, 0.717) is 42.8 Å². The molecule has 0 aromatic carbocycles. The monoisotopic (exact) mass is 470 g/mol. The third-order valence-electron chi connectivity index (χ3n) is 10.5. The van der Waals surface area contributed by atoms with E-state index in [4.69, 9.17) is 0 Å². The minimum atomic E-state index is -0.798. The Morgan fingerprint density at radius 2 is 1.76 bits per heavy atom. The quantitative estimate of drug-likeness (QED) is 0.601. The number of carbonyl (C=O) groups is 3. The number of hydrogen-bond acceptors (Lipinski definition) is 3. The second-order valence-electron chi connectivity index (χ2n) is 11.7. The Hall–Kier alpha value is -2.11. The molecule has 7 atom stereocenters. The first-order valence-electron chi connectivity index (χ1n) is 13.2. The van der Waals surface area contributed by atoms with E-state index in [-0.39, 0.29) is 34.6 Å². The van der Waals surface area contributed by atoms with Gasteiger partial charge in [-0.05, 0) is 98.5 Å².